The fourth-order valence-electron chi connectivity index (χ4n) is 1.64. The number of thioether (sulfide) groups is 1. The zero-order valence-corrected chi connectivity index (χ0v) is 10.6. The van der Waals surface area contributed by atoms with Crippen molar-refractivity contribution in [1.29, 1.82) is 0 Å². The van der Waals surface area contributed by atoms with Crippen LogP contribution in [0, 0.1) is 11.6 Å². The lowest BCUT2D eigenvalue weighted by Gasteiger charge is -2.08. The quantitative estimate of drug-likeness (QED) is 0.861. The number of hydrogen-bond donors (Lipinski definition) is 1. The van der Waals surface area contributed by atoms with Crippen molar-refractivity contribution in [3.63, 3.8) is 0 Å². The van der Waals surface area contributed by atoms with E-state index in [1.165, 1.54) is 11.8 Å². The molecule has 0 fully saturated rings. The van der Waals surface area contributed by atoms with Crippen molar-refractivity contribution in [2.24, 2.45) is 0 Å². The summed E-state index contributed by atoms with van der Waals surface area (Å²) in [5.74, 6) is -3.02. The molecule has 0 aliphatic rings. The lowest BCUT2D eigenvalue weighted by atomic mass is 10.1. The van der Waals surface area contributed by atoms with Crippen LogP contribution >= 0.6 is 11.8 Å². The minimum atomic E-state index is -1.46. The van der Waals surface area contributed by atoms with E-state index >= 15 is 0 Å². The highest BCUT2D eigenvalue weighted by molar-refractivity contribution is 7.98. The summed E-state index contributed by atoms with van der Waals surface area (Å²) in [5, 5.41) is 8.95. The number of aromatic carboxylic acids is 1. The van der Waals surface area contributed by atoms with Crippen LogP contribution in [-0.4, -0.2) is 11.1 Å². The van der Waals surface area contributed by atoms with E-state index in [1.54, 1.807) is 0 Å². The van der Waals surface area contributed by atoms with Gasteiger partial charge in [0, 0.05) is 16.2 Å². The van der Waals surface area contributed by atoms with Crippen molar-refractivity contribution >= 4 is 17.7 Å². The zero-order valence-electron chi connectivity index (χ0n) is 9.77. The lowest BCUT2D eigenvalue weighted by Crippen LogP contribution is -2.07. The number of carboxylic acids is 1. The molecule has 0 atom stereocenters. The topological polar surface area (TPSA) is 37.3 Å². The summed E-state index contributed by atoms with van der Waals surface area (Å²) in [6.07, 6.45) is 0. The SMILES string of the molecule is O=C(O)c1c(F)ccc(F)c1CSc1ccccc1. The molecular formula is C14H10F2O2S. The Balaban J connectivity index is 2.29. The van der Waals surface area contributed by atoms with Crippen LogP contribution < -0.4 is 0 Å². The second-order valence-corrected chi connectivity index (χ2v) is 4.84. The Labute approximate surface area is 113 Å². The molecule has 0 aromatic heterocycles. The number of rotatable bonds is 4. The van der Waals surface area contributed by atoms with Gasteiger partial charge in [-0.15, -0.1) is 11.8 Å². The fourth-order valence-corrected chi connectivity index (χ4v) is 2.58. The minimum absolute atomic E-state index is 0.0647. The highest BCUT2D eigenvalue weighted by Crippen LogP contribution is 2.27. The first-order valence-corrected chi connectivity index (χ1v) is 6.46. The molecule has 98 valence electrons. The molecule has 0 unspecified atom stereocenters. The molecule has 0 saturated heterocycles. The molecule has 5 heteroatoms. The molecule has 0 radical (unpaired) electrons. The van der Waals surface area contributed by atoms with Crippen LogP contribution in [0.5, 0.6) is 0 Å². The molecule has 1 N–H and O–H groups in total. The molecule has 0 amide bonds. The first kappa shape index (κ1) is 13.5. The maximum Gasteiger partial charge on any atom is 0.339 e. The van der Waals surface area contributed by atoms with Crippen LogP contribution in [0.4, 0.5) is 8.78 Å². The van der Waals surface area contributed by atoms with Crippen LogP contribution in [0.15, 0.2) is 47.4 Å². The van der Waals surface area contributed by atoms with Crippen LogP contribution in [0.3, 0.4) is 0 Å². The summed E-state index contributed by atoms with van der Waals surface area (Å²) in [7, 11) is 0. The number of halogens is 2. The second kappa shape index (κ2) is 5.84. The number of carboxylic acid groups (broad SMARTS) is 1. The average molecular weight is 280 g/mol. The predicted octanol–water partition coefficient (Wildman–Crippen LogP) is 3.96. The van der Waals surface area contributed by atoms with Crippen LogP contribution in [-0.2, 0) is 5.75 Å². The van der Waals surface area contributed by atoms with Gasteiger partial charge in [0.25, 0.3) is 0 Å². The van der Waals surface area contributed by atoms with Gasteiger partial charge < -0.3 is 5.11 Å². The summed E-state index contributed by atoms with van der Waals surface area (Å²) in [6.45, 7) is 0. The predicted molar refractivity (Wildman–Crippen MR) is 69.3 cm³/mol. The third-order valence-corrected chi connectivity index (χ3v) is 3.58. The molecule has 0 aliphatic heterocycles. The molecule has 19 heavy (non-hydrogen) atoms. The Hall–Kier alpha value is -1.88. The Morgan fingerprint density at radius 3 is 2.32 bits per heavy atom. The average Bonchev–Trinajstić information content (AvgIpc) is 2.40. The molecule has 0 aliphatic carbocycles. The van der Waals surface area contributed by atoms with Crippen molar-refractivity contribution in [3.8, 4) is 0 Å². The Bertz CT molecular complexity index is 600. The maximum absolute atomic E-state index is 13.6. The van der Waals surface area contributed by atoms with Crippen molar-refractivity contribution < 1.29 is 18.7 Å². The van der Waals surface area contributed by atoms with Crippen molar-refractivity contribution in [2.45, 2.75) is 10.6 Å². The third-order valence-electron chi connectivity index (χ3n) is 2.55. The van der Waals surface area contributed by atoms with Gasteiger partial charge in [-0.05, 0) is 24.3 Å². The van der Waals surface area contributed by atoms with Crippen LogP contribution in [0.2, 0.25) is 0 Å². The van der Waals surface area contributed by atoms with Gasteiger partial charge in [0.15, 0.2) is 0 Å². The molecule has 0 heterocycles. The molecular weight excluding hydrogens is 270 g/mol. The standard InChI is InChI=1S/C14H10F2O2S/c15-11-6-7-12(16)13(14(17)18)10(11)8-19-9-4-2-1-3-5-9/h1-7H,8H2,(H,17,18). The van der Waals surface area contributed by atoms with Gasteiger partial charge in [0.2, 0.25) is 0 Å². The summed E-state index contributed by atoms with van der Waals surface area (Å²) < 4.78 is 27.1. The fraction of sp³-hybridized carbons (Fsp3) is 0.0714. The Kier molecular flexibility index (Phi) is 4.16. The molecule has 2 aromatic rings. The number of hydrogen-bond acceptors (Lipinski definition) is 2. The molecule has 2 aromatic carbocycles. The van der Waals surface area contributed by atoms with E-state index in [4.69, 9.17) is 5.11 Å². The second-order valence-electron chi connectivity index (χ2n) is 3.79. The van der Waals surface area contributed by atoms with E-state index in [9.17, 15) is 13.6 Å². The van der Waals surface area contributed by atoms with Crippen molar-refractivity contribution in [2.75, 3.05) is 0 Å². The Morgan fingerprint density at radius 2 is 1.68 bits per heavy atom. The summed E-state index contributed by atoms with van der Waals surface area (Å²) in [4.78, 5) is 11.9. The monoisotopic (exact) mass is 280 g/mol. The molecule has 2 nitrogen and oxygen atoms in total. The largest absolute Gasteiger partial charge is 0.478 e. The van der Waals surface area contributed by atoms with Crippen molar-refractivity contribution in [3.05, 3.63) is 65.2 Å². The van der Waals surface area contributed by atoms with Gasteiger partial charge in [-0.25, -0.2) is 13.6 Å². The van der Waals surface area contributed by atoms with Gasteiger partial charge in [0.05, 0.1) is 0 Å². The summed E-state index contributed by atoms with van der Waals surface area (Å²) in [5.41, 5.74) is -0.718. The highest BCUT2D eigenvalue weighted by atomic mass is 32.2. The van der Waals surface area contributed by atoms with Crippen LogP contribution in [0.25, 0.3) is 0 Å². The van der Waals surface area contributed by atoms with E-state index in [2.05, 4.69) is 0 Å². The van der Waals surface area contributed by atoms with Gasteiger partial charge in [0.1, 0.15) is 17.2 Å². The first-order valence-electron chi connectivity index (χ1n) is 5.47. The molecule has 2 rings (SSSR count). The van der Waals surface area contributed by atoms with E-state index in [0.717, 1.165) is 17.0 Å². The van der Waals surface area contributed by atoms with E-state index < -0.39 is 23.2 Å². The number of benzene rings is 2. The van der Waals surface area contributed by atoms with Gasteiger partial charge in [-0.3, -0.25) is 0 Å². The van der Waals surface area contributed by atoms with Gasteiger partial charge in [-0.2, -0.15) is 0 Å². The lowest BCUT2D eigenvalue weighted by molar-refractivity contribution is 0.0690. The van der Waals surface area contributed by atoms with Crippen molar-refractivity contribution in [1.82, 2.24) is 0 Å². The Morgan fingerprint density at radius 1 is 1.05 bits per heavy atom. The molecule has 0 saturated carbocycles. The summed E-state index contributed by atoms with van der Waals surface area (Å²) >= 11 is 1.26. The van der Waals surface area contributed by atoms with E-state index in [1.807, 2.05) is 30.3 Å². The summed E-state index contributed by atoms with van der Waals surface area (Å²) in [6, 6.07) is 10.9. The van der Waals surface area contributed by atoms with Gasteiger partial charge in [-0.1, -0.05) is 18.2 Å². The minimum Gasteiger partial charge on any atom is -0.478 e. The molecule has 0 spiro atoms. The normalized spacial score (nSPS) is 10.4. The highest BCUT2D eigenvalue weighted by Gasteiger charge is 2.19. The maximum atomic E-state index is 13.6. The smallest absolute Gasteiger partial charge is 0.339 e. The zero-order chi connectivity index (χ0) is 13.8. The third kappa shape index (κ3) is 3.12. The number of carbonyl (C=O) groups is 1. The van der Waals surface area contributed by atoms with E-state index in [0.29, 0.717) is 0 Å². The molecule has 0 bridgehead atoms. The first-order chi connectivity index (χ1) is 9.09. The van der Waals surface area contributed by atoms with Crippen LogP contribution in [0.1, 0.15) is 15.9 Å². The van der Waals surface area contributed by atoms with E-state index in [-0.39, 0.29) is 11.3 Å². The van der Waals surface area contributed by atoms with Gasteiger partial charge >= 0.3 is 5.97 Å².